The molecule has 3 rings (SSSR count). The van der Waals surface area contributed by atoms with Gasteiger partial charge in [0.05, 0.1) is 12.5 Å². The number of hydrogen-bond donors (Lipinski definition) is 2. The average Bonchev–Trinajstić information content (AvgIpc) is 3.20. The number of rotatable bonds is 5. The SMILES string of the molecule is O=C(Nc1ccc(OC(F)(F)F)cc1)C1CCCN(C(=O)NCc2cccs2)C1. The third kappa shape index (κ3) is 6.38. The number of carbonyl (C=O) groups excluding carboxylic acids is 2. The van der Waals surface area contributed by atoms with Gasteiger partial charge >= 0.3 is 12.4 Å². The number of nitrogens with one attached hydrogen (secondary N) is 2. The summed E-state index contributed by atoms with van der Waals surface area (Å²) in [6.07, 6.45) is -3.43. The van der Waals surface area contributed by atoms with Crippen molar-refractivity contribution in [3.8, 4) is 5.75 Å². The van der Waals surface area contributed by atoms with Gasteiger partial charge in [0.2, 0.25) is 5.91 Å². The molecule has 0 spiro atoms. The molecule has 0 radical (unpaired) electrons. The van der Waals surface area contributed by atoms with Crippen LogP contribution in [0.4, 0.5) is 23.7 Å². The summed E-state index contributed by atoms with van der Waals surface area (Å²) >= 11 is 1.55. The van der Waals surface area contributed by atoms with Gasteiger partial charge < -0.3 is 20.3 Å². The van der Waals surface area contributed by atoms with E-state index >= 15 is 0 Å². The first-order valence-corrected chi connectivity index (χ1v) is 9.90. The minimum absolute atomic E-state index is 0.218. The molecule has 1 atom stereocenters. The van der Waals surface area contributed by atoms with E-state index in [9.17, 15) is 22.8 Å². The van der Waals surface area contributed by atoms with Crippen LogP contribution < -0.4 is 15.4 Å². The highest BCUT2D eigenvalue weighted by Gasteiger charge is 2.31. The lowest BCUT2D eigenvalue weighted by atomic mass is 9.97. The Morgan fingerprint density at radius 1 is 1.21 bits per heavy atom. The zero-order valence-corrected chi connectivity index (χ0v) is 16.2. The van der Waals surface area contributed by atoms with E-state index in [1.54, 1.807) is 16.2 Å². The number of benzene rings is 1. The zero-order valence-electron chi connectivity index (χ0n) is 15.4. The second-order valence-corrected chi connectivity index (χ2v) is 7.62. The first-order chi connectivity index (χ1) is 13.8. The van der Waals surface area contributed by atoms with Crippen LogP contribution in [0.5, 0.6) is 5.75 Å². The number of likely N-dealkylation sites (tertiary alicyclic amines) is 1. The van der Waals surface area contributed by atoms with E-state index in [1.165, 1.54) is 12.1 Å². The number of anilines is 1. The molecule has 2 aromatic rings. The van der Waals surface area contributed by atoms with Crippen molar-refractivity contribution in [1.29, 1.82) is 0 Å². The minimum atomic E-state index is -4.76. The van der Waals surface area contributed by atoms with E-state index in [1.807, 2.05) is 17.5 Å². The average molecular weight is 427 g/mol. The van der Waals surface area contributed by atoms with E-state index in [2.05, 4.69) is 15.4 Å². The number of nitrogens with zero attached hydrogens (tertiary/aromatic N) is 1. The Balaban J connectivity index is 1.50. The van der Waals surface area contributed by atoms with E-state index in [0.29, 0.717) is 31.6 Å². The van der Waals surface area contributed by atoms with Crippen LogP contribution in [0.3, 0.4) is 0 Å². The Labute approximate surface area is 169 Å². The van der Waals surface area contributed by atoms with Gasteiger partial charge in [0.25, 0.3) is 0 Å². The summed E-state index contributed by atoms with van der Waals surface area (Å²) in [7, 11) is 0. The van der Waals surface area contributed by atoms with E-state index in [0.717, 1.165) is 17.0 Å². The van der Waals surface area contributed by atoms with Crippen molar-refractivity contribution in [2.24, 2.45) is 5.92 Å². The Morgan fingerprint density at radius 2 is 1.97 bits per heavy atom. The summed E-state index contributed by atoms with van der Waals surface area (Å²) in [5, 5.41) is 7.47. The lowest BCUT2D eigenvalue weighted by molar-refractivity contribution is -0.274. The molecule has 1 aliphatic heterocycles. The molecule has 0 saturated carbocycles. The van der Waals surface area contributed by atoms with Crippen LogP contribution in [0, 0.1) is 5.92 Å². The number of carbonyl (C=O) groups is 2. The van der Waals surface area contributed by atoms with Gasteiger partial charge in [-0.25, -0.2) is 4.79 Å². The molecule has 1 aromatic carbocycles. The van der Waals surface area contributed by atoms with Gasteiger partial charge in [-0.2, -0.15) is 0 Å². The van der Waals surface area contributed by atoms with Crippen molar-refractivity contribution in [3.63, 3.8) is 0 Å². The molecule has 1 unspecified atom stereocenters. The lowest BCUT2D eigenvalue weighted by Crippen LogP contribution is -2.47. The maximum atomic E-state index is 12.5. The predicted octanol–water partition coefficient (Wildman–Crippen LogP) is 4.21. The Hall–Kier alpha value is -2.75. The van der Waals surface area contributed by atoms with Crippen LogP contribution in [0.25, 0.3) is 0 Å². The fourth-order valence-electron chi connectivity index (χ4n) is 3.05. The fraction of sp³-hybridized carbons (Fsp3) is 0.368. The second kappa shape index (κ2) is 9.17. The van der Waals surface area contributed by atoms with Crippen molar-refractivity contribution in [2.75, 3.05) is 18.4 Å². The standard InChI is InChI=1S/C19H20F3N3O3S/c20-19(21,22)28-15-7-5-14(6-8-15)24-17(26)13-3-1-9-25(12-13)18(27)23-11-16-4-2-10-29-16/h2,4-8,10,13H,1,3,9,11-12H2,(H,23,27)(H,24,26). The number of hydrogen-bond acceptors (Lipinski definition) is 4. The molecule has 2 N–H and O–H groups in total. The van der Waals surface area contributed by atoms with Crippen LogP contribution >= 0.6 is 11.3 Å². The highest BCUT2D eigenvalue weighted by molar-refractivity contribution is 7.09. The normalized spacial score (nSPS) is 16.9. The summed E-state index contributed by atoms with van der Waals surface area (Å²) in [5.41, 5.74) is 0.365. The van der Waals surface area contributed by atoms with Gasteiger partial charge in [0.15, 0.2) is 0 Å². The van der Waals surface area contributed by atoms with Gasteiger partial charge in [-0.15, -0.1) is 24.5 Å². The van der Waals surface area contributed by atoms with E-state index in [-0.39, 0.29) is 30.2 Å². The molecule has 10 heteroatoms. The third-order valence-electron chi connectivity index (χ3n) is 4.43. The van der Waals surface area contributed by atoms with Gasteiger partial charge in [-0.1, -0.05) is 6.07 Å². The highest BCUT2D eigenvalue weighted by atomic mass is 32.1. The van der Waals surface area contributed by atoms with Crippen LogP contribution in [0.2, 0.25) is 0 Å². The zero-order chi connectivity index (χ0) is 20.9. The number of halogens is 3. The molecule has 29 heavy (non-hydrogen) atoms. The van der Waals surface area contributed by atoms with Crippen molar-refractivity contribution in [2.45, 2.75) is 25.7 Å². The molecule has 6 nitrogen and oxygen atoms in total. The van der Waals surface area contributed by atoms with Crippen LogP contribution in [0.15, 0.2) is 41.8 Å². The van der Waals surface area contributed by atoms with Crippen LogP contribution in [-0.2, 0) is 11.3 Å². The van der Waals surface area contributed by atoms with E-state index < -0.39 is 6.36 Å². The number of amides is 3. The second-order valence-electron chi connectivity index (χ2n) is 6.58. The molecule has 0 bridgehead atoms. The molecular formula is C19H20F3N3O3S. The number of urea groups is 1. The van der Waals surface area contributed by atoms with Gasteiger partial charge in [0.1, 0.15) is 5.75 Å². The van der Waals surface area contributed by atoms with Gasteiger partial charge in [-0.3, -0.25) is 4.79 Å². The number of alkyl halides is 3. The largest absolute Gasteiger partial charge is 0.573 e. The molecule has 156 valence electrons. The van der Waals surface area contributed by atoms with Crippen molar-refractivity contribution in [3.05, 3.63) is 46.7 Å². The Morgan fingerprint density at radius 3 is 2.62 bits per heavy atom. The molecule has 0 aliphatic carbocycles. The monoisotopic (exact) mass is 427 g/mol. The van der Waals surface area contributed by atoms with Crippen molar-refractivity contribution in [1.82, 2.24) is 10.2 Å². The summed E-state index contributed by atoms with van der Waals surface area (Å²) in [5.74, 6) is -1.02. The fourth-order valence-corrected chi connectivity index (χ4v) is 3.69. The van der Waals surface area contributed by atoms with Crippen LogP contribution in [-0.4, -0.2) is 36.3 Å². The maximum absolute atomic E-state index is 12.5. The van der Waals surface area contributed by atoms with Crippen molar-refractivity contribution >= 4 is 29.0 Å². The third-order valence-corrected chi connectivity index (χ3v) is 5.31. The van der Waals surface area contributed by atoms with E-state index in [4.69, 9.17) is 0 Å². The maximum Gasteiger partial charge on any atom is 0.573 e. The molecule has 1 fully saturated rings. The topological polar surface area (TPSA) is 70.7 Å². The summed E-state index contributed by atoms with van der Waals surface area (Å²) < 4.78 is 40.4. The Bertz CT molecular complexity index is 825. The molecule has 1 aliphatic rings. The number of piperidine rings is 1. The lowest BCUT2D eigenvalue weighted by Gasteiger charge is -2.32. The molecule has 3 amide bonds. The quantitative estimate of drug-likeness (QED) is 0.751. The smallest absolute Gasteiger partial charge is 0.406 e. The molecule has 1 saturated heterocycles. The van der Waals surface area contributed by atoms with Crippen LogP contribution in [0.1, 0.15) is 17.7 Å². The highest BCUT2D eigenvalue weighted by Crippen LogP contribution is 2.25. The minimum Gasteiger partial charge on any atom is -0.406 e. The molecule has 1 aromatic heterocycles. The van der Waals surface area contributed by atoms with Gasteiger partial charge in [-0.05, 0) is 48.6 Å². The summed E-state index contributed by atoms with van der Waals surface area (Å²) in [4.78, 5) is 27.5. The molecular weight excluding hydrogens is 407 g/mol. The first kappa shape index (κ1) is 21.0. The first-order valence-electron chi connectivity index (χ1n) is 9.02. The summed E-state index contributed by atoms with van der Waals surface area (Å²) in [6.45, 7) is 1.30. The van der Waals surface area contributed by atoms with Gasteiger partial charge in [0, 0.05) is 23.7 Å². The number of thiophene rings is 1. The number of ether oxygens (including phenoxy) is 1. The van der Waals surface area contributed by atoms with Crippen molar-refractivity contribution < 1.29 is 27.5 Å². The summed E-state index contributed by atoms with van der Waals surface area (Å²) in [6, 6.07) is 8.57. The Kier molecular flexibility index (Phi) is 6.63. The molecule has 2 heterocycles. The predicted molar refractivity (Wildman–Crippen MR) is 103 cm³/mol.